The van der Waals surface area contributed by atoms with Crippen molar-refractivity contribution in [3.8, 4) is 0 Å². The van der Waals surface area contributed by atoms with E-state index in [9.17, 15) is 14.4 Å². The third-order valence-corrected chi connectivity index (χ3v) is 13.0. The summed E-state index contributed by atoms with van der Waals surface area (Å²) < 4.78 is 16.9. The molecule has 0 spiro atoms. The molecule has 0 heterocycles. The molecule has 1 unspecified atom stereocenters. The summed E-state index contributed by atoms with van der Waals surface area (Å²) in [6.07, 6.45) is 83.8. The maximum absolute atomic E-state index is 12.9. The van der Waals surface area contributed by atoms with Crippen LogP contribution in [0.15, 0.2) is 109 Å². The minimum absolute atomic E-state index is 0.100. The summed E-state index contributed by atoms with van der Waals surface area (Å²) in [4.78, 5) is 38.3. The number of rotatable bonds is 55. The molecule has 0 aromatic rings. The molecule has 6 heteroatoms. The van der Waals surface area contributed by atoms with Crippen LogP contribution in [0.4, 0.5) is 0 Å². The molecule has 0 N–H and O–H groups in total. The van der Waals surface area contributed by atoms with Gasteiger partial charge in [-0.2, -0.15) is 0 Å². The number of hydrogen-bond donors (Lipinski definition) is 0. The Kier molecular flexibility index (Phi) is 58.3. The first kappa shape index (κ1) is 70.1. The summed E-state index contributed by atoms with van der Waals surface area (Å²) in [5.41, 5.74) is 0. The van der Waals surface area contributed by atoms with Crippen LogP contribution in [0.3, 0.4) is 0 Å². The van der Waals surface area contributed by atoms with Gasteiger partial charge in [-0.15, -0.1) is 0 Å². The minimum Gasteiger partial charge on any atom is -0.462 e. The van der Waals surface area contributed by atoms with Crippen LogP contribution in [0.25, 0.3) is 0 Å². The van der Waals surface area contributed by atoms with Gasteiger partial charge in [0.15, 0.2) is 6.10 Å². The lowest BCUT2D eigenvalue weighted by Gasteiger charge is -2.18. The van der Waals surface area contributed by atoms with Gasteiger partial charge in [-0.3, -0.25) is 14.4 Å². The SMILES string of the molecule is CC/C=C\C/C=C\C/C=C\C/C=C\C/C=C\C/C=C\CCCCC(=O)OCC(COC(=O)CCCCCCC/C=C\C/C=C\C/C=C\CC)OC(=O)CCCCCCCCCCCCCCCCCCCCCC. The van der Waals surface area contributed by atoms with Gasteiger partial charge < -0.3 is 14.2 Å². The maximum Gasteiger partial charge on any atom is 0.306 e. The fourth-order valence-electron chi connectivity index (χ4n) is 8.46. The third-order valence-electron chi connectivity index (χ3n) is 13.0. The van der Waals surface area contributed by atoms with Crippen molar-refractivity contribution in [2.45, 2.75) is 290 Å². The van der Waals surface area contributed by atoms with Crippen molar-refractivity contribution >= 4 is 17.9 Å². The summed E-state index contributed by atoms with van der Waals surface area (Å²) in [6, 6.07) is 0. The van der Waals surface area contributed by atoms with Gasteiger partial charge in [0.25, 0.3) is 0 Å². The molecular weight excluding hydrogens is 913 g/mol. The molecule has 0 rings (SSSR count). The molecule has 1 atom stereocenters. The van der Waals surface area contributed by atoms with Crippen LogP contribution in [0.1, 0.15) is 284 Å². The van der Waals surface area contributed by atoms with E-state index >= 15 is 0 Å². The van der Waals surface area contributed by atoms with Gasteiger partial charge in [0.2, 0.25) is 0 Å². The quantitative estimate of drug-likeness (QED) is 0.0261. The van der Waals surface area contributed by atoms with E-state index in [1.54, 1.807) is 0 Å². The molecule has 0 bridgehead atoms. The molecule has 0 aliphatic carbocycles. The topological polar surface area (TPSA) is 78.9 Å². The van der Waals surface area contributed by atoms with Gasteiger partial charge >= 0.3 is 17.9 Å². The Bertz CT molecular complexity index is 1510. The first-order chi connectivity index (χ1) is 36.5. The van der Waals surface area contributed by atoms with Crippen LogP contribution in [0.2, 0.25) is 0 Å². The van der Waals surface area contributed by atoms with Crippen molar-refractivity contribution in [1.82, 2.24) is 0 Å². The van der Waals surface area contributed by atoms with Crippen LogP contribution in [-0.2, 0) is 28.6 Å². The first-order valence-electron chi connectivity index (χ1n) is 30.9. The predicted octanol–water partition coefficient (Wildman–Crippen LogP) is 21.0. The van der Waals surface area contributed by atoms with Crippen LogP contribution in [0.5, 0.6) is 0 Å². The highest BCUT2D eigenvalue weighted by Crippen LogP contribution is 2.16. The number of hydrogen-bond acceptors (Lipinski definition) is 6. The summed E-state index contributed by atoms with van der Waals surface area (Å²) >= 11 is 0. The number of carbonyl (C=O) groups excluding carboxylic acids is 3. The fraction of sp³-hybridized carbons (Fsp3) is 0.691. The van der Waals surface area contributed by atoms with Crippen molar-refractivity contribution in [2.24, 2.45) is 0 Å². The van der Waals surface area contributed by atoms with Crippen LogP contribution in [-0.4, -0.2) is 37.2 Å². The van der Waals surface area contributed by atoms with Crippen LogP contribution in [0, 0.1) is 0 Å². The van der Waals surface area contributed by atoms with Crippen molar-refractivity contribution in [2.75, 3.05) is 13.2 Å². The molecule has 6 nitrogen and oxygen atoms in total. The Morgan fingerprint density at radius 3 is 0.851 bits per heavy atom. The molecule has 0 aromatic heterocycles. The maximum atomic E-state index is 12.9. The molecule has 0 amide bonds. The Balaban J connectivity index is 4.46. The number of allylic oxidation sites excluding steroid dienone is 18. The van der Waals surface area contributed by atoms with Crippen molar-refractivity contribution in [1.29, 1.82) is 0 Å². The second kappa shape index (κ2) is 61.6. The molecule has 0 saturated carbocycles. The van der Waals surface area contributed by atoms with Crippen LogP contribution >= 0.6 is 0 Å². The molecule has 0 aliphatic heterocycles. The van der Waals surface area contributed by atoms with E-state index in [1.807, 2.05) is 0 Å². The smallest absolute Gasteiger partial charge is 0.306 e. The Morgan fingerprint density at radius 2 is 0.527 bits per heavy atom. The van der Waals surface area contributed by atoms with Gasteiger partial charge in [-0.25, -0.2) is 0 Å². The minimum atomic E-state index is -0.805. The lowest BCUT2D eigenvalue weighted by atomic mass is 10.0. The zero-order chi connectivity index (χ0) is 53.6. The van der Waals surface area contributed by atoms with Gasteiger partial charge in [-0.05, 0) is 103 Å². The largest absolute Gasteiger partial charge is 0.462 e. The second-order valence-corrected chi connectivity index (χ2v) is 20.2. The van der Waals surface area contributed by atoms with Gasteiger partial charge in [0.05, 0.1) is 0 Å². The number of esters is 3. The Morgan fingerprint density at radius 1 is 0.284 bits per heavy atom. The molecule has 0 aliphatic rings. The zero-order valence-corrected chi connectivity index (χ0v) is 48.3. The second-order valence-electron chi connectivity index (χ2n) is 20.2. The van der Waals surface area contributed by atoms with E-state index in [4.69, 9.17) is 14.2 Å². The van der Waals surface area contributed by atoms with E-state index in [-0.39, 0.29) is 31.1 Å². The Labute approximate surface area is 457 Å². The monoisotopic (exact) mass is 1030 g/mol. The highest BCUT2D eigenvalue weighted by molar-refractivity contribution is 5.71. The molecule has 0 fully saturated rings. The van der Waals surface area contributed by atoms with E-state index < -0.39 is 6.10 Å². The molecule has 422 valence electrons. The van der Waals surface area contributed by atoms with Crippen molar-refractivity contribution in [3.05, 3.63) is 109 Å². The summed E-state index contributed by atoms with van der Waals surface area (Å²) in [5, 5.41) is 0. The first-order valence-corrected chi connectivity index (χ1v) is 30.9. The number of ether oxygens (including phenoxy) is 3. The molecular formula is C68H114O6. The molecule has 0 saturated heterocycles. The summed E-state index contributed by atoms with van der Waals surface area (Å²) in [7, 11) is 0. The normalized spacial score (nSPS) is 12.9. The summed E-state index contributed by atoms with van der Waals surface area (Å²) in [6.45, 7) is 6.39. The van der Waals surface area contributed by atoms with Gasteiger partial charge in [-0.1, -0.05) is 271 Å². The predicted molar refractivity (Wildman–Crippen MR) is 320 cm³/mol. The van der Waals surface area contributed by atoms with E-state index in [1.165, 1.54) is 109 Å². The van der Waals surface area contributed by atoms with Crippen molar-refractivity contribution in [3.63, 3.8) is 0 Å². The molecule has 0 aromatic carbocycles. The number of carbonyl (C=O) groups is 3. The van der Waals surface area contributed by atoms with Gasteiger partial charge in [0, 0.05) is 19.3 Å². The van der Waals surface area contributed by atoms with Gasteiger partial charge in [0.1, 0.15) is 13.2 Å². The number of unbranched alkanes of at least 4 members (excludes halogenated alkanes) is 26. The lowest BCUT2D eigenvalue weighted by Crippen LogP contribution is -2.30. The van der Waals surface area contributed by atoms with E-state index in [0.29, 0.717) is 19.3 Å². The van der Waals surface area contributed by atoms with E-state index in [2.05, 4.69) is 130 Å². The van der Waals surface area contributed by atoms with E-state index in [0.717, 1.165) is 135 Å². The Hall–Kier alpha value is -3.93. The zero-order valence-electron chi connectivity index (χ0n) is 48.3. The summed E-state index contributed by atoms with van der Waals surface area (Å²) in [5.74, 6) is -0.953. The standard InChI is InChI=1S/C68H114O6/c1-4-7-10-13-16-19-22-25-28-30-32-34-36-37-40-43-46-49-52-55-58-61-67(70)73-64-65(63-72-66(69)60-57-54-51-48-45-42-39-27-24-21-18-15-12-9-6-3)74-68(71)62-59-56-53-50-47-44-41-38-35-33-31-29-26-23-20-17-14-11-8-5-2/h7,9-10,12,16,18-19,21,25,27-28,32,34,37,39-40,46,49,65H,4-6,8,11,13-15,17,20,22-24,26,29-31,33,35-36,38,41-45,47-48,50-64H2,1-3H3/b10-7-,12-9-,19-16-,21-18-,28-25-,34-32-,39-27-,40-37-,49-46-. The highest BCUT2D eigenvalue weighted by Gasteiger charge is 2.19. The average molecular weight is 1030 g/mol. The average Bonchev–Trinajstić information content (AvgIpc) is 3.40. The highest BCUT2D eigenvalue weighted by atomic mass is 16.6. The van der Waals surface area contributed by atoms with Crippen LogP contribution < -0.4 is 0 Å². The fourth-order valence-corrected chi connectivity index (χ4v) is 8.46. The molecule has 74 heavy (non-hydrogen) atoms. The third kappa shape index (κ3) is 59.0. The van der Waals surface area contributed by atoms with Crippen molar-refractivity contribution < 1.29 is 28.6 Å². The lowest BCUT2D eigenvalue weighted by molar-refractivity contribution is -0.167. The molecule has 0 radical (unpaired) electrons.